The molecule has 0 amide bonds. The summed E-state index contributed by atoms with van der Waals surface area (Å²) in [6.07, 6.45) is 6.67. The highest BCUT2D eigenvalue weighted by atomic mass is 35.5. The molecule has 34 heavy (non-hydrogen) atoms. The minimum Gasteiger partial charge on any atom is -0.480 e. The van der Waals surface area contributed by atoms with Crippen molar-refractivity contribution in [2.45, 2.75) is 38.0 Å². The number of nitrogens with one attached hydrogen (secondary N) is 3. The molecule has 0 bridgehead atoms. The minimum atomic E-state index is -0.809. The SMILES string of the molecule is Nc1ncc(-c2cnn(CCNC3CCN[C@@H](C(=O)O)C3)c2)nc1NCc1c(Cl)cccc1Cl. The predicted octanol–water partition coefficient (Wildman–Crippen LogP) is 2.64. The molecule has 0 aliphatic carbocycles. The summed E-state index contributed by atoms with van der Waals surface area (Å²) in [4.78, 5) is 20.0. The van der Waals surface area contributed by atoms with Crippen molar-refractivity contribution in [2.24, 2.45) is 0 Å². The van der Waals surface area contributed by atoms with Gasteiger partial charge < -0.3 is 26.8 Å². The fourth-order valence-electron chi connectivity index (χ4n) is 3.83. The number of carbonyl (C=O) groups is 1. The van der Waals surface area contributed by atoms with Crippen LogP contribution in [0.25, 0.3) is 11.3 Å². The number of carboxylic acids is 1. The van der Waals surface area contributed by atoms with Crippen LogP contribution in [0.15, 0.2) is 36.8 Å². The van der Waals surface area contributed by atoms with Crippen LogP contribution >= 0.6 is 23.2 Å². The summed E-state index contributed by atoms with van der Waals surface area (Å²) < 4.78 is 1.81. The van der Waals surface area contributed by atoms with Gasteiger partial charge in [-0.2, -0.15) is 5.10 Å². The van der Waals surface area contributed by atoms with Gasteiger partial charge in [0.2, 0.25) is 0 Å². The first-order valence-corrected chi connectivity index (χ1v) is 11.7. The quantitative estimate of drug-likeness (QED) is 0.297. The van der Waals surface area contributed by atoms with Gasteiger partial charge in [-0.05, 0) is 31.5 Å². The monoisotopic (exact) mass is 504 g/mol. The lowest BCUT2D eigenvalue weighted by molar-refractivity contribution is -0.140. The summed E-state index contributed by atoms with van der Waals surface area (Å²) in [5.41, 5.74) is 8.19. The van der Waals surface area contributed by atoms with E-state index in [1.54, 1.807) is 30.6 Å². The number of aliphatic carboxylic acids is 1. The van der Waals surface area contributed by atoms with E-state index in [4.69, 9.17) is 28.9 Å². The van der Waals surface area contributed by atoms with Crippen molar-refractivity contribution in [3.63, 3.8) is 0 Å². The summed E-state index contributed by atoms with van der Waals surface area (Å²) in [7, 11) is 0. The molecular weight excluding hydrogens is 479 g/mol. The second kappa shape index (κ2) is 11.0. The number of nitrogens with two attached hydrogens (primary N) is 1. The summed E-state index contributed by atoms with van der Waals surface area (Å²) in [6, 6.07) is 5.00. The molecule has 4 rings (SSSR count). The highest BCUT2D eigenvalue weighted by molar-refractivity contribution is 6.36. The molecule has 1 unspecified atom stereocenters. The largest absolute Gasteiger partial charge is 0.480 e. The number of hydrogen-bond donors (Lipinski definition) is 5. The summed E-state index contributed by atoms with van der Waals surface area (Å²) in [5, 5.41) is 24.3. The number of halogens is 2. The molecule has 1 aliphatic heterocycles. The van der Waals surface area contributed by atoms with Gasteiger partial charge in [-0.25, -0.2) is 9.97 Å². The Morgan fingerprint density at radius 2 is 2.09 bits per heavy atom. The van der Waals surface area contributed by atoms with E-state index in [9.17, 15) is 9.90 Å². The zero-order valence-corrected chi connectivity index (χ0v) is 19.9. The summed E-state index contributed by atoms with van der Waals surface area (Å²) >= 11 is 12.5. The van der Waals surface area contributed by atoms with Crippen LogP contribution in [0.3, 0.4) is 0 Å². The summed E-state index contributed by atoms with van der Waals surface area (Å²) in [5.74, 6) is -0.108. The van der Waals surface area contributed by atoms with Gasteiger partial charge in [-0.3, -0.25) is 9.48 Å². The lowest BCUT2D eigenvalue weighted by Gasteiger charge is -2.28. The minimum absolute atomic E-state index is 0.167. The Hall–Kier alpha value is -2.92. The Balaban J connectivity index is 1.35. The molecule has 180 valence electrons. The molecule has 3 heterocycles. The molecule has 1 aliphatic rings. The maximum Gasteiger partial charge on any atom is 0.320 e. The molecule has 3 aromatic rings. The standard InChI is InChI=1S/C22H26Cl2N8O2/c23-16-2-1-3-17(24)15(16)10-29-21-20(25)28-11-19(31-21)13-9-30-32(12-13)7-6-26-14-4-5-27-18(8-14)22(33)34/h1-3,9,11-12,14,18,26-27H,4-8,10H2,(H2,25,28)(H,29,31)(H,33,34)/t14?,18-/m1/s1. The van der Waals surface area contributed by atoms with Crippen LogP contribution in [-0.2, 0) is 17.9 Å². The van der Waals surface area contributed by atoms with Crippen LogP contribution in [0, 0.1) is 0 Å². The van der Waals surface area contributed by atoms with Gasteiger partial charge in [0.15, 0.2) is 11.6 Å². The van der Waals surface area contributed by atoms with Crippen LogP contribution < -0.4 is 21.7 Å². The number of hydrogen-bond acceptors (Lipinski definition) is 8. The molecule has 12 heteroatoms. The van der Waals surface area contributed by atoms with E-state index in [-0.39, 0.29) is 11.9 Å². The van der Waals surface area contributed by atoms with Crippen LogP contribution in [0.4, 0.5) is 11.6 Å². The molecule has 10 nitrogen and oxygen atoms in total. The van der Waals surface area contributed by atoms with Crippen LogP contribution in [0.2, 0.25) is 10.0 Å². The Morgan fingerprint density at radius 3 is 2.85 bits per heavy atom. The Bertz CT molecular complexity index is 1140. The maximum atomic E-state index is 11.2. The summed E-state index contributed by atoms with van der Waals surface area (Å²) in [6.45, 7) is 2.36. The average molecular weight is 505 g/mol. The predicted molar refractivity (Wildman–Crippen MR) is 132 cm³/mol. The fourth-order valence-corrected chi connectivity index (χ4v) is 4.36. The molecule has 0 radical (unpaired) electrons. The van der Waals surface area contributed by atoms with E-state index in [1.807, 2.05) is 10.9 Å². The molecule has 1 aromatic carbocycles. The number of aromatic nitrogens is 4. The topological polar surface area (TPSA) is 143 Å². The third-order valence-corrected chi connectivity index (χ3v) is 6.41. The Kier molecular flexibility index (Phi) is 7.84. The Morgan fingerprint density at radius 1 is 1.29 bits per heavy atom. The second-order valence-corrected chi connectivity index (χ2v) is 8.87. The molecule has 2 aromatic heterocycles. The van der Waals surface area contributed by atoms with Gasteiger partial charge in [0.05, 0.1) is 24.6 Å². The first kappa shape index (κ1) is 24.2. The van der Waals surface area contributed by atoms with Crippen molar-refractivity contribution in [2.75, 3.05) is 24.1 Å². The zero-order chi connectivity index (χ0) is 24.1. The van der Waals surface area contributed by atoms with Crippen molar-refractivity contribution in [1.29, 1.82) is 0 Å². The number of benzene rings is 1. The number of anilines is 2. The van der Waals surface area contributed by atoms with Crippen molar-refractivity contribution in [3.05, 3.63) is 52.4 Å². The van der Waals surface area contributed by atoms with Crippen molar-refractivity contribution < 1.29 is 9.90 Å². The highest BCUT2D eigenvalue weighted by Crippen LogP contribution is 2.26. The highest BCUT2D eigenvalue weighted by Gasteiger charge is 2.25. The number of rotatable bonds is 9. The first-order valence-electron chi connectivity index (χ1n) is 10.9. The molecule has 1 saturated heterocycles. The molecule has 6 N–H and O–H groups in total. The van der Waals surface area contributed by atoms with Gasteiger partial charge in [0, 0.05) is 46.5 Å². The van der Waals surface area contributed by atoms with E-state index < -0.39 is 12.0 Å². The van der Waals surface area contributed by atoms with Crippen LogP contribution in [0.1, 0.15) is 18.4 Å². The third-order valence-electron chi connectivity index (χ3n) is 5.70. The maximum absolute atomic E-state index is 11.2. The van der Waals surface area contributed by atoms with Gasteiger partial charge >= 0.3 is 5.97 Å². The van der Waals surface area contributed by atoms with E-state index in [0.29, 0.717) is 54.2 Å². The normalized spacial score (nSPS) is 18.1. The molecular formula is C22H26Cl2N8O2. The molecule has 0 spiro atoms. The van der Waals surface area contributed by atoms with Gasteiger partial charge in [0.1, 0.15) is 6.04 Å². The van der Waals surface area contributed by atoms with Crippen molar-refractivity contribution in [1.82, 2.24) is 30.4 Å². The van der Waals surface area contributed by atoms with E-state index >= 15 is 0 Å². The zero-order valence-electron chi connectivity index (χ0n) is 18.3. The van der Waals surface area contributed by atoms with Gasteiger partial charge in [-0.15, -0.1) is 0 Å². The third kappa shape index (κ3) is 5.95. The van der Waals surface area contributed by atoms with Gasteiger partial charge in [0.25, 0.3) is 0 Å². The number of carboxylic acid groups (broad SMARTS) is 1. The Labute approximate surface area is 206 Å². The molecule has 1 fully saturated rings. The number of nitrogen functional groups attached to an aromatic ring is 1. The van der Waals surface area contributed by atoms with Crippen LogP contribution in [0.5, 0.6) is 0 Å². The van der Waals surface area contributed by atoms with E-state index in [2.05, 4.69) is 31.0 Å². The molecule has 2 atom stereocenters. The lowest BCUT2D eigenvalue weighted by atomic mass is 9.99. The second-order valence-electron chi connectivity index (χ2n) is 8.06. The number of nitrogens with zero attached hydrogens (tertiary/aromatic N) is 4. The lowest BCUT2D eigenvalue weighted by Crippen LogP contribution is -2.49. The fraction of sp³-hybridized carbons (Fsp3) is 0.364. The van der Waals surface area contributed by atoms with Crippen LogP contribution in [-0.4, -0.2) is 56.0 Å². The molecule has 0 saturated carbocycles. The van der Waals surface area contributed by atoms with E-state index in [1.165, 1.54) is 0 Å². The van der Waals surface area contributed by atoms with E-state index in [0.717, 1.165) is 17.5 Å². The first-order chi connectivity index (χ1) is 16.4. The van der Waals surface area contributed by atoms with Crippen molar-refractivity contribution >= 4 is 40.8 Å². The smallest absolute Gasteiger partial charge is 0.320 e. The van der Waals surface area contributed by atoms with Gasteiger partial charge in [-0.1, -0.05) is 29.3 Å². The average Bonchev–Trinajstić information content (AvgIpc) is 3.29. The van der Waals surface area contributed by atoms with Crippen molar-refractivity contribution in [3.8, 4) is 11.3 Å². The number of piperidine rings is 1.